The number of halogens is 1. The van der Waals surface area contributed by atoms with Crippen LogP contribution in [-0.4, -0.2) is 6.10 Å². The van der Waals surface area contributed by atoms with Crippen LogP contribution in [0.3, 0.4) is 0 Å². The van der Waals surface area contributed by atoms with Crippen LogP contribution in [0.25, 0.3) is 0 Å². The molecule has 1 heterocycles. The van der Waals surface area contributed by atoms with E-state index in [0.717, 1.165) is 4.47 Å². The molecule has 1 aromatic carbocycles. The van der Waals surface area contributed by atoms with Crippen molar-refractivity contribution in [3.8, 4) is 0 Å². The van der Waals surface area contributed by atoms with Gasteiger partial charge in [0, 0.05) is 4.47 Å². The highest BCUT2D eigenvalue weighted by molar-refractivity contribution is 9.10. The van der Waals surface area contributed by atoms with Crippen molar-refractivity contribution in [1.82, 2.24) is 0 Å². The molecule has 64 valence electrons. The molecule has 12 heavy (non-hydrogen) atoms. The Morgan fingerprint density at radius 1 is 1.50 bits per heavy atom. The largest absolute Gasteiger partial charge is 0.362 e. The van der Waals surface area contributed by atoms with Gasteiger partial charge in [0.15, 0.2) is 0 Å². The Kier molecular flexibility index (Phi) is 1.77. The molecule has 0 aliphatic carbocycles. The van der Waals surface area contributed by atoms with E-state index >= 15 is 0 Å². The van der Waals surface area contributed by atoms with E-state index < -0.39 is 0 Å². The highest BCUT2D eigenvalue weighted by atomic mass is 79.9. The van der Waals surface area contributed by atoms with E-state index in [2.05, 4.69) is 41.9 Å². The molecule has 0 amide bonds. The highest BCUT2D eigenvalue weighted by Crippen LogP contribution is 2.45. The lowest BCUT2D eigenvalue weighted by atomic mass is 9.98. The Morgan fingerprint density at radius 3 is 2.67 bits per heavy atom. The van der Waals surface area contributed by atoms with E-state index in [1.807, 2.05) is 12.1 Å². The molecular weight excluding hydrogens is 216 g/mol. The van der Waals surface area contributed by atoms with Gasteiger partial charge in [0.25, 0.3) is 0 Å². The monoisotopic (exact) mass is 226 g/mol. The maximum atomic E-state index is 5.52. The Labute approximate surface area is 80.9 Å². The lowest BCUT2D eigenvalue weighted by Gasteiger charge is -2.05. The average molecular weight is 227 g/mol. The molecule has 1 aromatic rings. The van der Waals surface area contributed by atoms with E-state index in [1.165, 1.54) is 5.56 Å². The summed E-state index contributed by atoms with van der Waals surface area (Å²) >= 11 is 3.45. The summed E-state index contributed by atoms with van der Waals surface area (Å²) < 4.78 is 6.64. The molecule has 0 bridgehead atoms. The van der Waals surface area contributed by atoms with Crippen molar-refractivity contribution in [2.75, 3.05) is 0 Å². The molecule has 1 nitrogen and oxygen atoms in total. The third-order valence-corrected chi connectivity index (χ3v) is 3.03. The first kappa shape index (κ1) is 8.27. The van der Waals surface area contributed by atoms with Crippen LogP contribution in [0.2, 0.25) is 0 Å². The molecule has 2 atom stereocenters. The Morgan fingerprint density at radius 2 is 2.17 bits per heavy atom. The van der Waals surface area contributed by atoms with E-state index in [0.29, 0.717) is 6.10 Å². The molecular formula is C10H11BrO. The summed E-state index contributed by atoms with van der Waals surface area (Å²) in [5.74, 6) is 0. The van der Waals surface area contributed by atoms with Crippen LogP contribution in [-0.2, 0) is 10.3 Å². The van der Waals surface area contributed by atoms with Crippen LogP contribution >= 0.6 is 15.9 Å². The van der Waals surface area contributed by atoms with Gasteiger partial charge >= 0.3 is 0 Å². The second-order valence-corrected chi connectivity index (χ2v) is 4.29. The first-order chi connectivity index (χ1) is 5.63. The fourth-order valence-electron chi connectivity index (χ4n) is 1.43. The molecule has 0 aromatic heterocycles. The third-order valence-electron chi connectivity index (χ3n) is 2.54. The number of epoxide rings is 1. The molecule has 0 spiro atoms. The van der Waals surface area contributed by atoms with Gasteiger partial charge in [-0.25, -0.2) is 0 Å². The van der Waals surface area contributed by atoms with Crippen LogP contribution in [0.4, 0.5) is 0 Å². The van der Waals surface area contributed by atoms with Gasteiger partial charge in [-0.15, -0.1) is 0 Å². The second kappa shape index (κ2) is 2.57. The average Bonchev–Trinajstić information content (AvgIpc) is 2.61. The van der Waals surface area contributed by atoms with Gasteiger partial charge in [0.05, 0.1) is 6.10 Å². The molecule has 2 heteroatoms. The third kappa shape index (κ3) is 1.19. The van der Waals surface area contributed by atoms with Crippen LogP contribution in [0.5, 0.6) is 0 Å². The molecule has 2 rings (SSSR count). The molecule has 1 aliphatic heterocycles. The second-order valence-electron chi connectivity index (χ2n) is 3.38. The summed E-state index contributed by atoms with van der Waals surface area (Å²) in [4.78, 5) is 0. The maximum Gasteiger partial charge on any atom is 0.117 e. The van der Waals surface area contributed by atoms with Crippen molar-refractivity contribution in [2.45, 2.75) is 25.6 Å². The van der Waals surface area contributed by atoms with Gasteiger partial charge in [0.1, 0.15) is 5.60 Å². The van der Waals surface area contributed by atoms with Crippen molar-refractivity contribution in [3.05, 3.63) is 34.3 Å². The van der Waals surface area contributed by atoms with Gasteiger partial charge in [-0.05, 0) is 31.5 Å². The number of hydrogen-bond acceptors (Lipinski definition) is 1. The lowest BCUT2D eigenvalue weighted by Crippen LogP contribution is -2.04. The van der Waals surface area contributed by atoms with Crippen molar-refractivity contribution >= 4 is 15.9 Å². The summed E-state index contributed by atoms with van der Waals surface area (Å²) in [6.45, 7) is 4.22. The summed E-state index contributed by atoms with van der Waals surface area (Å²) in [6.07, 6.45) is 0.354. The first-order valence-corrected chi connectivity index (χ1v) is 4.86. The number of benzene rings is 1. The fourth-order valence-corrected chi connectivity index (χ4v) is 1.83. The number of hydrogen-bond donors (Lipinski definition) is 0. The minimum atomic E-state index is -0.0379. The zero-order valence-electron chi connectivity index (χ0n) is 7.17. The van der Waals surface area contributed by atoms with Gasteiger partial charge in [-0.3, -0.25) is 0 Å². The quantitative estimate of drug-likeness (QED) is 0.671. The molecule has 1 aliphatic rings. The summed E-state index contributed by atoms with van der Waals surface area (Å²) in [7, 11) is 0. The number of rotatable bonds is 1. The summed E-state index contributed by atoms with van der Waals surface area (Å²) in [5, 5.41) is 0. The predicted octanol–water partition coefficient (Wildman–Crippen LogP) is 3.08. The van der Waals surface area contributed by atoms with E-state index in [-0.39, 0.29) is 5.60 Å². The van der Waals surface area contributed by atoms with E-state index in [9.17, 15) is 0 Å². The summed E-state index contributed by atoms with van der Waals surface area (Å²) in [6, 6.07) is 8.29. The van der Waals surface area contributed by atoms with Crippen LogP contribution in [0, 0.1) is 0 Å². The highest BCUT2D eigenvalue weighted by Gasteiger charge is 2.50. The van der Waals surface area contributed by atoms with Crippen LogP contribution < -0.4 is 0 Å². The van der Waals surface area contributed by atoms with Gasteiger partial charge < -0.3 is 4.74 Å². The molecule has 0 N–H and O–H groups in total. The standard InChI is InChI=1S/C10H11BrO/c1-7-10(2,12-7)8-4-3-5-9(11)6-8/h3-7H,1-2H3. The van der Waals surface area contributed by atoms with Crippen molar-refractivity contribution in [3.63, 3.8) is 0 Å². The lowest BCUT2D eigenvalue weighted by molar-refractivity contribution is 0.316. The Balaban J connectivity index is 2.36. The van der Waals surface area contributed by atoms with Gasteiger partial charge in [0.2, 0.25) is 0 Å². The molecule has 0 radical (unpaired) electrons. The molecule has 1 saturated heterocycles. The van der Waals surface area contributed by atoms with Gasteiger partial charge in [-0.1, -0.05) is 28.1 Å². The SMILES string of the molecule is CC1OC1(C)c1cccc(Br)c1. The van der Waals surface area contributed by atoms with Gasteiger partial charge in [-0.2, -0.15) is 0 Å². The topological polar surface area (TPSA) is 12.5 Å². The molecule has 0 saturated carbocycles. The van der Waals surface area contributed by atoms with Crippen LogP contribution in [0.1, 0.15) is 19.4 Å². The first-order valence-electron chi connectivity index (χ1n) is 4.07. The zero-order chi connectivity index (χ0) is 8.77. The molecule has 1 fully saturated rings. The Bertz CT molecular complexity index is 310. The van der Waals surface area contributed by atoms with E-state index in [1.54, 1.807) is 0 Å². The maximum absolute atomic E-state index is 5.52. The fraction of sp³-hybridized carbons (Fsp3) is 0.400. The minimum absolute atomic E-state index is 0.0379. The van der Waals surface area contributed by atoms with E-state index in [4.69, 9.17) is 4.74 Å². The number of ether oxygens (including phenoxy) is 1. The summed E-state index contributed by atoms with van der Waals surface area (Å²) in [5.41, 5.74) is 1.22. The minimum Gasteiger partial charge on any atom is -0.362 e. The molecule has 2 unspecified atom stereocenters. The van der Waals surface area contributed by atoms with Crippen molar-refractivity contribution in [1.29, 1.82) is 0 Å². The smallest absolute Gasteiger partial charge is 0.117 e. The normalized spacial score (nSPS) is 33.4. The Hall–Kier alpha value is -0.340. The van der Waals surface area contributed by atoms with Crippen molar-refractivity contribution < 1.29 is 4.74 Å². The zero-order valence-corrected chi connectivity index (χ0v) is 8.76. The van der Waals surface area contributed by atoms with Crippen molar-refractivity contribution in [2.24, 2.45) is 0 Å². The predicted molar refractivity (Wildman–Crippen MR) is 52.0 cm³/mol. The van der Waals surface area contributed by atoms with Crippen LogP contribution in [0.15, 0.2) is 28.7 Å².